The molecule has 0 saturated heterocycles. The van der Waals surface area contributed by atoms with Crippen LogP contribution >= 0.6 is 0 Å². The van der Waals surface area contributed by atoms with Gasteiger partial charge in [-0.05, 0) is 29.0 Å². The second-order valence-electron chi connectivity index (χ2n) is 6.57. The summed E-state index contributed by atoms with van der Waals surface area (Å²) in [7, 11) is 0. The van der Waals surface area contributed by atoms with Crippen LogP contribution in [0.5, 0.6) is 5.75 Å². The van der Waals surface area contributed by atoms with Crippen LogP contribution in [0.1, 0.15) is 31.9 Å². The number of nitrogens with one attached hydrogen (secondary N) is 1. The van der Waals surface area contributed by atoms with Crippen LogP contribution in [0.15, 0.2) is 35.3 Å². The smallest absolute Gasteiger partial charge is 0.154 e. The molecule has 0 unspecified atom stereocenters. The van der Waals surface area contributed by atoms with Gasteiger partial charge in [0.1, 0.15) is 11.6 Å². The Labute approximate surface area is 124 Å². The maximum absolute atomic E-state index is 7.85. The topological polar surface area (TPSA) is 71.5 Å². The highest BCUT2D eigenvalue weighted by molar-refractivity contribution is 6.22. The van der Waals surface area contributed by atoms with Gasteiger partial charge in [-0.15, -0.1) is 0 Å². The van der Waals surface area contributed by atoms with E-state index in [1.165, 1.54) is 0 Å². The molecule has 0 aromatic heterocycles. The molecule has 0 saturated carbocycles. The van der Waals surface area contributed by atoms with Crippen molar-refractivity contribution in [3.63, 3.8) is 0 Å². The minimum absolute atomic E-state index is 0.0987. The number of hydrogen-bond donors (Lipinski definition) is 2. The number of hydrogen-bond acceptors (Lipinski definition) is 3. The zero-order valence-corrected chi connectivity index (χ0v) is 12.5. The lowest BCUT2D eigenvalue weighted by atomic mass is 9.98. The van der Waals surface area contributed by atoms with Gasteiger partial charge in [0.15, 0.2) is 5.84 Å². The predicted octanol–water partition coefficient (Wildman–Crippen LogP) is 3.31. The van der Waals surface area contributed by atoms with E-state index in [0.29, 0.717) is 12.4 Å². The van der Waals surface area contributed by atoms with E-state index in [1.54, 1.807) is 0 Å². The van der Waals surface area contributed by atoms with Crippen molar-refractivity contribution < 1.29 is 4.74 Å². The van der Waals surface area contributed by atoms with Gasteiger partial charge in [-0.2, -0.15) is 0 Å². The van der Waals surface area contributed by atoms with Gasteiger partial charge in [0.05, 0.1) is 6.61 Å². The molecule has 0 bridgehead atoms. The number of rotatable bonds is 2. The van der Waals surface area contributed by atoms with Crippen LogP contribution in [0.4, 0.5) is 0 Å². The number of fused-ring (bicyclic) bond motifs is 2. The Hall–Kier alpha value is -2.36. The van der Waals surface area contributed by atoms with Crippen molar-refractivity contribution in [1.29, 1.82) is 5.41 Å². The zero-order valence-electron chi connectivity index (χ0n) is 12.5. The molecule has 1 aliphatic rings. The average Bonchev–Trinajstić information content (AvgIpc) is 2.68. The maximum atomic E-state index is 7.85. The average molecular weight is 281 g/mol. The zero-order chi connectivity index (χ0) is 15.2. The Morgan fingerprint density at radius 1 is 1.19 bits per heavy atom. The second-order valence-corrected chi connectivity index (χ2v) is 6.57. The summed E-state index contributed by atoms with van der Waals surface area (Å²) in [6.45, 7) is 7.06. The molecule has 1 heterocycles. The van der Waals surface area contributed by atoms with E-state index in [1.807, 2.05) is 30.3 Å². The highest BCUT2D eigenvalue weighted by Crippen LogP contribution is 2.31. The molecule has 0 aliphatic carbocycles. The first kappa shape index (κ1) is 13.6. The summed E-state index contributed by atoms with van der Waals surface area (Å²) in [5.74, 6) is 1.48. The lowest BCUT2D eigenvalue weighted by Gasteiger charge is -2.20. The Morgan fingerprint density at radius 3 is 2.67 bits per heavy atom. The third-order valence-corrected chi connectivity index (χ3v) is 3.40. The molecule has 21 heavy (non-hydrogen) atoms. The molecule has 1 aliphatic heterocycles. The van der Waals surface area contributed by atoms with Gasteiger partial charge in [0, 0.05) is 16.5 Å². The molecule has 0 spiro atoms. The summed E-state index contributed by atoms with van der Waals surface area (Å²) in [4.78, 5) is 4.03. The normalized spacial score (nSPS) is 14.2. The number of amidine groups is 2. The molecule has 3 N–H and O–H groups in total. The highest BCUT2D eigenvalue weighted by atomic mass is 16.5. The van der Waals surface area contributed by atoms with Crippen LogP contribution < -0.4 is 10.5 Å². The molecule has 0 fully saturated rings. The summed E-state index contributed by atoms with van der Waals surface area (Å²) in [6, 6.07) is 9.88. The lowest BCUT2D eigenvalue weighted by molar-refractivity contribution is 0.200. The predicted molar refractivity (Wildman–Crippen MR) is 86.5 cm³/mol. The van der Waals surface area contributed by atoms with E-state index >= 15 is 0 Å². The van der Waals surface area contributed by atoms with Gasteiger partial charge in [0.2, 0.25) is 0 Å². The standard InChI is InChI=1S/C17H19N3O/c1-17(2,3)9-21-14-6-4-5-10-7-12-13(8-11(10)14)16(19)20-15(12)18/h4-8H,9H2,1-3H3,(H3,18,19,20). The Balaban J connectivity index is 2.09. The fraction of sp³-hybridized carbons (Fsp3) is 0.294. The fourth-order valence-electron chi connectivity index (χ4n) is 2.37. The molecule has 4 nitrogen and oxygen atoms in total. The van der Waals surface area contributed by atoms with Crippen LogP contribution in [-0.2, 0) is 0 Å². The van der Waals surface area contributed by atoms with Crippen LogP contribution in [-0.4, -0.2) is 18.3 Å². The van der Waals surface area contributed by atoms with Crippen LogP contribution in [0, 0.1) is 10.8 Å². The van der Waals surface area contributed by atoms with E-state index in [9.17, 15) is 0 Å². The van der Waals surface area contributed by atoms with Crippen molar-refractivity contribution >= 4 is 22.4 Å². The molecule has 2 aromatic rings. The molecular formula is C17H19N3O. The maximum Gasteiger partial charge on any atom is 0.154 e. The van der Waals surface area contributed by atoms with E-state index < -0.39 is 0 Å². The molecule has 0 atom stereocenters. The van der Waals surface area contributed by atoms with Gasteiger partial charge < -0.3 is 10.5 Å². The molecule has 0 radical (unpaired) electrons. The first-order valence-corrected chi connectivity index (χ1v) is 6.98. The van der Waals surface area contributed by atoms with Crippen LogP contribution in [0.25, 0.3) is 10.8 Å². The molecule has 108 valence electrons. The Kier molecular flexibility index (Phi) is 2.97. The Bertz CT molecular complexity index is 769. The molecule has 3 rings (SSSR count). The van der Waals surface area contributed by atoms with Crippen LogP contribution in [0.2, 0.25) is 0 Å². The summed E-state index contributed by atoms with van der Waals surface area (Å²) >= 11 is 0. The first-order valence-electron chi connectivity index (χ1n) is 6.98. The summed E-state index contributed by atoms with van der Waals surface area (Å²) < 4.78 is 5.97. The third kappa shape index (κ3) is 2.49. The van der Waals surface area contributed by atoms with Gasteiger partial charge in [-0.1, -0.05) is 32.9 Å². The van der Waals surface area contributed by atoms with Crippen molar-refractivity contribution in [2.75, 3.05) is 6.61 Å². The summed E-state index contributed by atoms with van der Waals surface area (Å²) in [6.07, 6.45) is 0. The van der Waals surface area contributed by atoms with Crippen molar-refractivity contribution in [3.05, 3.63) is 41.5 Å². The SMILES string of the molecule is CC(C)(C)COc1cccc2cc3c(cc12)C(N)=NC3=N. The number of ether oxygens (including phenoxy) is 1. The minimum Gasteiger partial charge on any atom is -0.492 e. The van der Waals surface area contributed by atoms with E-state index in [-0.39, 0.29) is 11.3 Å². The highest BCUT2D eigenvalue weighted by Gasteiger charge is 2.20. The fourth-order valence-corrected chi connectivity index (χ4v) is 2.37. The van der Waals surface area contributed by atoms with E-state index in [0.717, 1.165) is 27.6 Å². The number of aliphatic imine (C=N–C) groups is 1. The lowest BCUT2D eigenvalue weighted by Crippen LogP contribution is -2.17. The van der Waals surface area contributed by atoms with Crippen molar-refractivity contribution in [3.8, 4) is 5.75 Å². The van der Waals surface area contributed by atoms with Gasteiger partial charge in [0.25, 0.3) is 0 Å². The molecule has 0 amide bonds. The van der Waals surface area contributed by atoms with Gasteiger partial charge in [-0.3, -0.25) is 5.41 Å². The monoisotopic (exact) mass is 281 g/mol. The molecular weight excluding hydrogens is 262 g/mol. The van der Waals surface area contributed by atoms with Crippen molar-refractivity contribution in [1.82, 2.24) is 0 Å². The molecule has 4 heteroatoms. The van der Waals surface area contributed by atoms with E-state index in [2.05, 4.69) is 25.8 Å². The summed E-state index contributed by atoms with van der Waals surface area (Å²) in [5, 5.41) is 9.90. The van der Waals surface area contributed by atoms with Crippen LogP contribution in [0.3, 0.4) is 0 Å². The largest absolute Gasteiger partial charge is 0.492 e. The van der Waals surface area contributed by atoms with E-state index in [4.69, 9.17) is 15.9 Å². The summed E-state index contributed by atoms with van der Waals surface area (Å²) in [5.41, 5.74) is 7.59. The van der Waals surface area contributed by atoms with Gasteiger partial charge in [-0.25, -0.2) is 4.99 Å². The minimum atomic E-state index is 0.0987. The quantitative estimate of drug-likeness (QED) is 0.886. The number of nitrogens with zero attached hydrogens (tertiary/aromatic N) is 1. The van der Waals surface area contributed by atoms with Crippen molar-refractivity contribution in [2.45, 2.75) is 20.8 Å². The Morgan fingerprint density at radius 2 is 1.95 bits per heavy atom. The number of benzene rings is 2. The number of nitrogens with two attached hydrogens (primary N) is 1. The second kappa shape index (κ2) is 4.58. The van der Waals surface area contributed by atoms with Gasteiger partial charge >= 0.3 is 0 Å². The van der Waals surface area contributed by atoms with Crippen molar-refractivity contribution in [2.24, 2.45) is 16.1 Å². The third-order valence-electron chi connectivity index (χ3n) is 3.40. The first-order chi connectivity index (χ1) is 9.85. The molecule has 2 aromatic carbocycles.